The average Bonchev–Trinajstić information content (AvgIpc) is 2.59. The molecule has 1 aromatic rings. The fraction of sp³-hybridized carbons (Fsp3) is 0.625. The summed E-state index contributed by atoms with van der Waals surface area (Å²) in [5.41, 5.74) is 0.635. The molecule has 6 heteroatoms. The summed E-state index contributed by atoms with van der Waals surface area (Å²) < 4.78 is 17.3. The van der Waals surface area contributed by atoms with Crippen molar-refractivity contribution in [1.29, 1.82) is 0 Å². The van der Waals surface area contributed by atoms with Crippen LogP contribution in [0.25, 0.3) is 0 Å². The summed E-state index contributed by atoms with van der Waals surface area (Å²) in [4.78, 5) is 0. The molecule has 4 nitrogen and oxygen atoms in total. The Balaban J connectivity index is 1.99. The van der Waals surface area contributed by atoms with E-state index in [9.17, 15) is 5.11 Å². The molecule has 0 bridgehead atoms. The van der Waals surface area contributed by atoms with E-state index in [0.29, 0.717) is 10.6 Å². The van der Waals surface area contributed by atoms with E-state index in [1.165, 1.54) is 0 Å². The van der Waals surface area contributed by atoms with Crippen LogP contribution in [-0.2, 0) is 19.6 Å². The van der Waals surface area contributed by atoms with Crippen LogP contribution >= 0.6 is 11.6 Å². The lowest BCUT2D eigenvalue weighted by Gasteiger charge is -2.38. The average molecular weight is 325 g/mol. The first-order valence-electron chi connectivity index (χ1n) is 7.52. The van der Waals surface area contributed by atoms with Crippen molar-refractivity contribution in [3.8, 4) is 0 Å². The standard InChI is InChI=1S/C16H22BClO4/c1-10-6-11(17-21-14(2,3)15(4,5)22-17)7-12(13(10)18)16(19)8-20-9-16/h6-7,19H,8-9H2,1-5H3. The van der Waals surface area contributed by atoms with Gasteiger partial charge >= 0.3 is 7.12 Å². The van der Waals surface area contributed by atoms with E-state index in [1.807, 2.05) is 46.8 Å². The summed E-state index contributed by atoms with van der Waals surface area (Å²) >= 11 is 6.38. The van der Waals surface area contributed by atoms with Crippen LogP contribution < -0.4 is 5.46 Å². The normalized spacial score (nSPS) is 25.1. The van der Waals surface area contributed by atoms with Crippen molar-refractivity contribution in [2.24, 2.45) is 0 Å². The number of halogens is 1. The first-order valence-corrected chi connectivity index (χ1v) is 7.90. The van der Waals surface area contributed by atoms with Gasteiger partial charge in [0.25, 0.3) is 0 Å². The second-order valence-electron chi connectivity index (χ2n) is 7.31. The summed E-state index contributed by atoms with van der Waals surface area (Å²) in [5, 5.41) is 11.1. The number of rotatable bonds is 2. The van der Waals surface area contributed by atoms with Crippen LogP contribution in [0.15, 0.2) is 12.1 Å². The number of benzene rings is 1. The monoisotopic (exact) mass is 324 g/mol. The predicted octanol–water partition coefficient (Wildman–Crippen LogP) is 2.17. The Morgan fingerprint density at radius 1 is 1.09 bits per heavy atom. The second-order valence-corrected chi connectivity index (χ2v) is 7.69. The van der Waals surface area contributed by atoms with Gasteiger partial charge in [-0.05, 0) is 45.6 Å². The van der Waals surface area contributed by atoms with Gasteiger partial charge in [-0.1, -0.05) is 23.7 Å². The minimum absolute atomic E-state index is 0.263. The summed E-state index contributed by atoms with van der Waals surface area (Å²) in [6.07, 6.45) is 0. The quantitative estimate of drug-likeness (QED) is 0.847. The Morgan fingerprint density at radius 2 is 1.64 bits per heavy atom. The molecule has 2 saturated heterocycles. The van der Waals surface area contributed by atoms with Gasteiger partial charge < -0.3 is 19.2 Å². The van der Waals surface area contributed by atoms with Crippen molar-refractivity contribution in [1.82, 2.24) is 0 Å². The zero-order valence-corrected chi connectivity index (χ0v) is 14.5. The molecule has 0 amide bonds. The van der Waals surface area contributed by atoms with Gasteiger partial charge in [0, 0.05) is 10.6 Å². The van der Waals surface area contributed by atoms with Gasteiger partial charge in [0.1, 0.15) is 5.60 Å². The van der Waals surface area contributed by atoms with Crippen LogP contribution in [0.5, 0.6) is 0 Å². The largest absolute Gasteiger partial charge is 0.494 e. The molecule has 0 saturated carbocycles. The van der Waals surface area contributed by atoms with Crippen LogP contribution in [0.3, 0.4) is 0 Å². The zero-order valence-electron chi connectivity index (χ0n) is 13.7. The molecular weight excluding hydrogens is 302 g/mol. The van der Waals surface area contributed by atoms with Crippen molar-refractivity contribution in [2.75, 3.05) is 13.2 Å². The van der Waals surface area contributed by atoms with Crippen LogP contribution in [-0.4, -0.2) is 36.6 Å². The maximum atomic E-state index is 10.6. The molecule has 0 unspecified atom stereocenters. The van der Waals surface area contributed by atoms with E-state index < -0.39 is 23.9 Å². The lowest BCUT2D eigenvalue weighted by Crippen LogP contribution is -2.48. The smallest absolute Gasteiger partial charge is 0.399 e. The molecule has 3 rings (SSSR count). The van der Waals surface area contributed by atoms with Crippen molar-refractivity contribution >= 4 is 24.2 Å². The van der Waals surface area contributed by atoms with Crippen LogP contribution in [0.2, 0.25) is 5.02 Å². The summed E-state index contributed by atoms with van der Waals surface area (Å²) in [7, 11) is -0.468. The third kappa shape index (κ3) is 2.40. The van der Waals surface area contributed by atoms with E-state index >= 15 is 0 Å². The van der Waals surface area contributed by atoms with Gasteiger partial charge in [-0.2, -0.15) is 0 Å². The van der Waals surface area contributed by atoms with E-state index in [1.54, 1.807) is 0 Å². The lowest BCUT2D eigenvalue weighted by molar-refractivity contribution is -0.184. The van der Waals surface area contributed by atoms with Crippen molar-refractivity contribution in [3.05, 3.63) is 28.3 Å². The highest BCUT2D eigenvalue weighted by atomic mass is 35.5. The molecule has 0 spiro atoms. The van der Waals surface area contributed by atoms with E-state index in [4.69, 9.17) is 25.6 Å². The van der Waals surface area contributed by atoms with Gasteiger partial charge in [-0.3, -0.25) is 0 Å². The van der Waals surface area contributed by atoms with Gasteiger partial charge in [0.2, 0.25) is 0 Å². The molecule has 2 aliphatic heterocycles. The number of hydrogen-bond donors (Lipinski definition) is 1. The third-order valence-corrected chi connectivity index (χ3v) is 5.49. The zero-order chi connectivity index (χ0) is 16.3. The molecule has 120 valence electrons. The molecule has 0 aliphatic carbocycles. The first kappa shape index (κ1) is 16.3. The molecule has 0 radical (unpaired) electrons. The van der Waals surface area contributed by atoms with Gasteiger partial charge in [-0.25, -0.2) is 0 Å². The molecule has 2 fully saturated rings. The number of hydrogen-bond acceptors (Lipinski definition) is 4. The molecule has 1 N–H and O–H groups in total. The summed E-state index contributed by atoms with van der Waals surface area (Å²) in [5.74, 6) is 0. The van der Waals surface area contributed by atoms with E-state index in [0.717, 1.165) is 11.0 Å². The second kappa shape index (κ2) is 4.95. The van der Waals surface area contributed by atoms with Crippen molar-refractivity contribution < 1.29 is 19.2 Å². The Labute approximate surface area is 136 Å². The molecule has 1 aromatic carbocycles. The third-order valence-electron chi connectivity index (χ3n) is 4.99. The number of aryl methyl sites for hydroxylation is 1. The van der Waals surface area contributed by atoms with E-state index in [2.05, 4.69) is 0 Å². The van der Waals surface area contributed by atoms with Crippen molar-refractivity contribution in [2.45, 2.75) is 51.4 Å². The minimum atomic E-state index is -1.01. The molecule has 0 aromatic heterocycles. The Morgan fingerprint density at radius 3 is 2.09 bits per heavy atom. The highest BCUT2D eigenvalue weighted by molar-refractivity contribution is 6.62. The fourth-order valence-corrected chi connectivity index (χ4v) is 2.99. The van der Waals surface area contributed by atoms with Gasteiger partial charge in [-0.15, -0.1) is 0 Å². The highest BCUT2D eigenvalue weighted by Gasteiger charge is 2.52. The minimum Gasteiger partial charge on any atom is -0.399 e. The van der Waals surface area contributed by atoms with Crippen LogP contribution in [0.1, 0.15) is 38.8 Å². The molecule has 0 atom stereocenters. The first-order chi connectivity index (χ1) is 10.1. The van der Waals surface area contributed by atoms with Crippen molar-refractivity contribution in [3.63, 3.8) is 0 Å². The highest BCUT2D eigenvalue weighted by Crippen LogP contribution is 2.38. The lowest BCUT2D eigenvalue weighted by atomic mass is 9.75. The topological polar surface area (TPSA) is 47.9 Å². The maximum absolute atomic E-state index is 10.6. The molecular formula is C16H22BClO4. The molecule has 22 heavy (non-hydrogen) atoms. The fourth-order valence-electron chi connectivity index (χ4n) is 2.70. The predicted molar refractivity (Wildman–Crippen MR) is 86.6 cm³/mol. The van der Waals surface area contributed by atoms with Crippen LogP contribution in [0, 0.1) is 6.92 Å². The Hall–Kier alpha value is -0.585. The summed E-state index contributed by atoms with van der Waals surface area (Å²) in [6.45, 7) is 10.5. The Bertz CT molecular complexity index is 594. The SMILES string of the molecule is Cc1cc(B2OC(C)(C)C(C)(C)O2)cc(C2(O)COC2)c1Cl. The number of ether oxygens (including phenoxy) is 1. The van der Waals surface area contributed by atoms with Gasteiger partial charge in [0.15, 0.2) is 0 Å². The molecule has 2 heterocycles. The van der Waals surface area contributed by atoms with Crippen LogP contribution in [0.4, 0.5) is 0 Å². The number of aliphatic hydroxyl groups is 1. The summed E-state index contributed by atoms with van der Waals surface area (Å²) in [6, 6.07) is 3.83. The van der Waals surface area contributed by atoms with Gasteiger partial charge in [0.05, 0.1) is 24.4 Å². The Kier molecular flexibility index (Phi) is 3.67. The van der Waals surface area contributed by atoms with E-state index in [-0.39, 0.29) is 13.2 Å². The molecule has 2 aliphatic rings. The maximum Gasteiger partial charge on any atom is 0.494 e.